The van der Waals surface area contributed by atoms with E-state index in [0.717, 1.165) is 21.8 Å². The number of amides is 2. The van der Waals surface area contributed by atoms with Gasteiger partial charge < -0.3 is 5.32 Å². The number of hydrogen-bond donors (Lipinski definition) is 2. The van der Waals surface area contributed by atoms with E-state index in [9.17, 15) is 9.59 Å². The molecule has 3 aromatic rings. The Balaban J connectivity index is 1.66. The molecule has 0 saturated carbocycles. The van der Waals surface area contributed by atoms with Crippen molar-refractivity contribution in [2.24, 2.45) is 0 Å². The van der Waals surface area contributed by atoms with Crippen molar-refractivity contribution in [3.8, 4) is 0 Å². The Labute approximate surface area is 181 Å². The lowest BCUT2D eigenvalue weighted by molar-refractivity contribution is -0.120. The van der Waals surface area contributed by atoms with E-state index in [1.165, 1.54) is 18.7 Å². The van der Waals surface area contributed by atoms with Gasteiger partial charge in [0, 0.05) is 17.5 Å². The fourth-order valence-corrected chi connectivity index (χ4v) is 3.73. The first-order valence-electron chi connectivity index (χ1n) is 9.72. The van der Waals surface area contributed by atoms with Gasteiger partial charge in [0.1, 0.15) is 0 Å². The Morgan fingerprint density at radius 3 is 2.10 bits per heavy atom. The van der Waals surface area contributed by atoms with Crippen molar-refractivity contribution < 1.29 is 9.59 Å². The van der Waals surface area contributed by atoms with Crippen LogP contribution in [0.15, 0.2) is 89.8 Å². The van der Waals surface area contributed by atoms with Gasteiger partial charge in [0.05, 0.1) is 17.5 Å². The Kier molecular flexibility index (Phi) is 7.51. The molecule has 1 unspecified atom stereocenters. The Morgan fingerprint density at radius 2 is 1.50 bits per heavy atom. The third kappa shape index (κ3) is 6.39. The van der Waals surface area contributed by atoms with Crippen molar-refractivity contribution in [2.75, 3.05) is 10.3 Å². The predicted octanol–water partition coefficient (Wildman–Crippen LogP) is 4.86. The zero-order chi connectivity index (χ0) is 21.3. The van der Waals surface area contributed by atoms with Crippen molar-refractivity contribution in [1.29, 1.82) is 0 Å². The van der Waals surface area contributed by atoms with E-state index in [2.05, 4.69) is 10.7 Å². The average Bonchev–Trinajstić information content (AvgIpc) is 2.75. The van der Waals surface area contributed by atoms with Gasteiger partial charge in [-0.3, -0.25) is 20.0 Å². The zero-order valence-electron chi connectivity index (χ0n) is 17.0. The normalized spacial score (nSPS) is 11.4. The molecule has 3 rings (SSSR count). The molecule has 2 amide bonds. The quantitative estimate of drug-likeness (QED) is 0.404. The van der Waals surface area contributed by atoms with Gasteiger partial charge in [-0.15, -0.1) is 11.8 Å². The molecule has 1 atom stereocenters. The molecule has 0 aliphatic carbocycles. The number of carbonyl (C=O) groups is 2. The lowest BCUT2D eigenvalue weighted by atomic mass is 10.2. The molecule has 0 aliphatic rings. The average molecular weight is 420 g/mol. The summed E-state index contributed by atoms with van der Waals surface area (Å²) in [5, 5.41) is 4.32. The number of anilines is 2. The minimum absolute atomic E-state index is 0.0780. The highest BCUT2D eigenvalue weighted by atomic mass is 32.2. The monoisotopic (exact) mass is 419 g/mol. The highest BCUT2D eigenvalue weighted by molar-refractivity contribution is 8.00. The van der Waals surface area contributed by atoms with Gasteiger partial charge in [-0.2, -0.15) is 0 Å². The maximum Gasteiger partial charge on any atom is 0.251 e. The number of hydrazine groups is 1. The fraction of sp³-hybridized carbons (Fsp3) is 0.167. The molecule has 0 radical (unpaired) electrons. The SMILES string of the molecule is CC(=O)Nc1ccc(SC(C)C(=O)NN(Cc2ccccc2)c2ccccc2)cc1. The minimum atomic E-state index is -0.293. The van der Waals surface area contributed by atoms with E-state index in [4.69, 9.17) is 0 Å². The van der Waals surface area contributed by atoms with Gasteiger partial charge >= 0.3 is 0 Å². The van der Waals surface area contributed by atoms with Crippen LogP contribution in [0.2, 0.25) is 0 Å². The summed E-state index contributed by atoms with van der Waals surface area (Å²) >= 11 is 1.47. The molecular formula is C24H25N3O2S. The van der Waals surface area contributed by atoms with E-state index in [-0.39, 0.29) is 17.1 Å². The van der Waals surface area contributed by atoms with Crippen LogP contribution in [0.4, 0.5) is 11.4 Å². The number of thioether (sulfide) groups is 1. The summed E-state index contributed by atoms with van der Waals surface area (Å²) in [5.41, 5.74) is 5.82. The summed E-state index contributed by atoms with van der Waals surface area (Å²) < 4.78 is 0. The number of benzene rings is 3. The molecular weight excluding hydrogens is 394 g/mol. The highest BCUT2D eigenvalue weighted by Gasteiger charge is 2.18. The first-order valence-corrected chi connectivity index (χ1v) is 10.6. The number of rotatable bonds is 8. The van der Waals surface area contributed by atoms with E-state index in [1.807, 2.05) is 96.9 Å². The van der Waals surface area contributed by atoms with Gasteiger partial charge in [0.25, 0.3) is 5.91 Å². The molecule has 0 fully saturated rings. The van der Waals surface area contributed by atoms with Crippen LogP contribution in [0.25, 0.3) is 0 Å². The van der Waals surface area contributed by atoms with E-state index in [0.29, 0.717) is 6.54 Å². The van der Waals surface area contributed by atoms with Crippen LogP contribution in [-0.4, -0.2) is 17.1 Å². The van der Waals surface area contributed by atoms with Crippen LogP contribution in [0.1, 0.15) is 19.4 Å². The molecule has 5 nitrogen and oxygen atoms in total. The van der Waals surface area contributed by atoms with E-state index < -0.39 is 0 Å². The summed E-state index contributed by atoms with van der Waals surface area (Å²) in [4.78, 5) is 25.0. The summed E-state index contributed by atoms with van der Waals surface area (Å²) in [6, 6.07) is 27.3. The zero-order valence-corrected chi connectivity index (χ0v) is 17.9. The van der Waals surface area contributed by atoms with E-state index in [1.54, 1.807) is 0 Å². The third-order valence-corrected chi connectivity index (χ3v) is 5.47. The lowest BCUT2D eigenvalue weighted by Gasteiger charge is -2.27. The number of para-hydroxylation sites is 1. The smallest absolute Gasteiger partial charge is 0.251 e. The summed E-state index contributed by atoms with van der Waals surface area (Å²) in [6.07, 6.45) is 0. The molecule has 30 heavy (non-hydrogen) atoms. The third-order valence-electron chi connectivity index (χ3n) is 4.35. The van der Waals surface area contributed by atoms with Crippen LogP contribution < -0.4 is 15.8 Å². The fourth-order valence-electron chi connectivity index (χ4n) is 2.87. The van der Waals surface area contributed by atoms with Gasteiger partial charge in [-0.05, 0) is 48.9 Å². The Morgan fingerprint density at radius 1 is 0.900 bits per heavy atom. The van der Waals surface area contributed by atoms with Crippen molar-refractivity contribution in [3.05, 3.63) is 90.5 Å². The van der Waals surface area contributed by atoms with Crippen molar-refractivity contribution in [1.82, 2.24) is 5.43 Å². The second kappa shape index (κ2) is 10.5. The molecule has 3 aromatic carbocycles. The second-order valence-corrected chi connectivity index (χ2v) is 8.26. The predicted molar refractivity (Wildman–Crippen MR) is 123 cm³/mol. The molecule has 0 saturated heterocycles. The molecule has 154 valence electrons. The summed E-state index contributed by atoms with van der Waals surface area (Å²) in [5.74, 6) is -0.187. The minimum Gasteiger partial charge on any atom is -0.326 e. The van der Waals surface area contributed by atoms with Gasteiger partial charge in [0.2, 0.25) is 5.91 Å². The van der Waals surface area contributed by atoms with E-state index >= 15 is 0 Å². The Hall–Kier alpha value is -3.25. The van der Waals surface area contributed by atoms with Crippen molar-refractivity contribution in [3.63, 3.8) is 0 Å². The van der Waals surface area contributed by atoms with Gasteiger partial charge in [0.15, 0.2) is 0 Å². The molecule has 0 spiro atoms. The lowest BCUT2D eigenvalue weighted by Crippen LogP contribution is -2.45. The first-order chi connectivity index (χ1) is 14.5. The second-order valence-electron chi connectivity index (χ2n) is 6.85. The standard InChI is InChI=1S/C24H25N3O2S/c1-18(30-23-15-13-21(14-16-23)25-19(2)28)24(29)26-27(22-11-7-4-8-12-22)17-20-9-5-3-6-10-20/h3-16,18H,17H2,1-2H3,(H,25,28)(H,26,29). The van der Waals surface area contributed by atoms with Gasteiger partial charge in [-0.25, -0.2) is 0 Å². The molecule has 6 heteroatoms. The maximum atomic E-state index is 12.9. The number of nitrogens with zero attached hydrogens (tertiary/aromatic N) is 1. The Bertz CT molecular complexity index is 963. The molecule has 2 N–H and O–H groups in total. The molecule has 0 aliphatic heterocycles. The van der Waals surface area contributed by atoms with Crippen LogP contribution in [0.5, 0.6) is 0 Å². The molecule has 0 heterocycles. The van der Waals surface area contributed by atoms with Crippen LogP contribution in [0.3, 0.4) is 0 Å². The molecule has 0 bridgehead atoms. The van der Waals surface area contributed by atoms with Crippen molar-refractivity contribution >= 4 is 35.0 Å². The van der Waals surface area contributed by atoms with Crippen molar-refractivity contribution in [2.45, 2.75) is 30.5 Å². The topological polar surface area (TPSA) is 61.4 Å². The summed E-state index contributed by atoms with van der Waals surface area (Å²) in [7, 11) is 0. The first kappa shape index (κ1) is 21.5. The number of carbonyl (C=O) groups excluding carboxylic acids is 2. The van der Waals surface area contributed by atoms with Crippen LogP contribution in [-0.2, 0) is 16.1 Å². The highest BCUT2D eigenvalue weighted by Crippen LogP contribution is 2.25. The van der Waals surface area contributed by atoms with Crippen LogP contribution >= 0.6 is 11.8 Å². The van der Waals surface area contributed by atoms with Gasteiger partial charge in [-0.1, -0.05) is 48.5 Å². The summed E-state index contributed by atoms with van der Waals surface area (Å²) in [6.45, 7) is 3.93. The molecule has 0 aromatic heterocycles. The number of hydrogen-bond acceptors (Lipinski definition) is 4. The largest absolute Gasteiger partial charge is 0.326 e. The maximum absolute atomic E-state index is 12.9. The number of nitrogens with one attached hydrogen (secondary N) is 2. The van der Waals surface area contributed by atoms with Crippen LogP contribution in [0, 0.1) is 0 Å².